The van der Waals surface area contributed by atoms with E-state index in [2.05, 4.69) is 20.4 Å². The fraction of sp³-hybridized carbons (Fsp3) is 0.0556. The summed E-state index contributed by atoms with van der Waals surface area (Å²) in [6.45, 7) is 1.39. The number of nitrogens with zero attached hydrogens (tertiary/aromatic N) is 4. The number of carbonyl (C=O) groups is 2. The maximum Gasteiger partial charge on any atom is 0.251 e. The maximum absolute atomic E-state index is 11.7. The van der Waals surface area contributed by atoms with E-state index in [1.165, 1.54) is 24.3 Å². The lowest BCUT2D eigenvalue weighted by Crippen LogP contribution is -2.38. The highest BCUT2D eigenvalue weighted by Crippen LogP contribution is 2.32. The van der Waals surface area contributed by atoms with Gasteiger partial charge in [-0.25, -0.2) is 15.0 Å². The van der Waals surface area contributed by atoms with Gasteiger partial charge in [-0.3, -0.25) is 20.0 Å². The molecule has 0 aliphatic heterocycles. The van der Waals surface area contributed by atoms with Crippen molar-refractivity contribution >= 4 is 23.5 Å². The van der Waals surface area contributed by atoms with Crippen molar-refractivity contribution in [1.29, 1.82) is 0 Å². The molecule has 2 aromatic heterocycles. The number of hydrazine groups is 1. The number of aromatic nitrogens is 3. The molecular weight excluding hydrogens is 332 g/mol. The number of rotatable bonds is 5. The summed E-state index contributed by atoms with van der Waals surface area (Å²) < 4.78 is 0. The molecule has 130 valence electrons. The molecule has 0 aliphatic rings. The van der Waals surface area contributed by atoms with Crippen molar-refractivity contribution < 1.29 is 9.59 Å². The summed E-state index contributed by atoms with van der Waals surface area (Å²) in [7, 11) is 0. The van der Waals surface area contributed by atoms with Crippen LogP contribution in [0.3, 0.4) is 0 Å². The van der Waals surface area contributed by atoms with Gasteiger partial charge in [-0.05, 0) is 12.1 Å². The number of para-hydroxylation sites is 1. The highest BCUT2D eigenvalue weighted by atomic mass is 16.2. The molecule has 26 heavy (non-hydrogen) atoms. The Morgan fingerprint density at radius 1 is 1.04 bits per heavy atom. The highest BCUT2D eigenvalue weighted by molar-refractivity contribution is 5.92. The first-order valence-corrected chi connectivity index (χ1v) is 7.75. The molecule has 3 aromatic rings. The maximum atomic E-state index is 11.7. The lowest BCUT2D eigenvalue weighted by molar-refractivity contribution is -0.118. The van der Waals surface area contributed by atoms with E-state index in [0.29, 0.717) is 5.69 Å². The molecule has 2 amide bonds. The fourth-order valence-corrected chi connectivity index (χ4v) is 2.37. The van der Waals surface area contributed by atoms with Crippen molar-refractivity contribution in [1.82, 2.24) is 20.4 Å². The third kappa shape index (κ3) is 3.64. The Kier molecular flexibility index (Phi) is 4.84. The van der Waals surface area contributed by atoms with Crippen LogP contribution in [-0.4, -0.2) is 26.8 Å². The number of hydrogen-bond donors (Lipinski definition) is 2. The molecule has 2 heterocycles. The van der Waals surface area contributed by atoms with E-state index in [0.717, 1.165) is 11.1 Å². The van der Waals surface area contributed by atoms with E-state index in [1.54, 1.807) is 12.4 Å². The predicted octanol–water partition coefficient (Wildman–Crippen LogP) is 1.83. The van der Waals surface area contributed by atoms with Crippen molar-refractivity contribution in [3.05, 3.63) is 66.7 Å². The number of hydrogen-bond acceptors (Lipinski definition) is 6. The zero-order valence-electron chi connectivity index (χ0n) is 14.0. The van der Waals surface area contributed by atoms with E-state index in [-0.39, 0.29) is 17.4 Å². The number of anilines is 2. The Hall–Kier alpha value is -3.81. The van der Waals surface area contributed by atoms with Crippen LogP contribution in [0.25, 0.3) is 11.1 Å². The van der Waals surface area contributed by atoms with Gasteiger partial charge in [-0.2, -0.15) is 0 Å². The Morgan fingerprint density at radius 2 is 1.77 bits per heavy atom. The average Bonchev–Trinajstić information content (AvgIpc) is 2.67. The Labute approximate surface area is 149 Å². The Bertz CT molecular complexity index is 928. The van der Waals surface area contributed by atoms with Gasteiger partial charge in [0.25, 0.3) is 5.91 Å². The number of primary amides is 1. The second kappa shape index (κ2) is 7.39. The third-order valence-electron chi connectivity index (χ3n) is 3.51. The normalized spacial score (nSPS) is 10.2. The number of carbonyl (C=O) groups excluding carboxylic acids is 2. The highest BCUT2D eigenvalue weighted by Gasteiger charge is 2.18. The molecule has 0 fully saturated rings. The minimum Gasteiger partial charge on any atom is -0.366 e. The van der Waals surface area contributed by atoms with Gasteiger partial charge in [0.2, 0.25) is 11.9 Å². The quantitative estimate of drug-likeness (QED) is 0.680. The van der Waals surface area contributed by atoms with Gasteiger partial charge >= 0.3 is 0 Å². The van der Waals surface area contributed by atoms with Crippen molar-refractivity contribution in [2.45, 2.75) is 6.92 Å². The van der Waals surface area contributed by atoms with Crippen molar-refractivity contribution in [3.8, 4) is 11.1 Å². The van der Waals surface area contributed by atoms with E-state index in [1.807, 2.05) is 36.4 Å². The van der Waals surface area contributed by atoms with Crippen LogP contribution in [-0.2, 0) is 4.79 Å². The smallest absolute Gasteiger partial charge is 0.251 e. The molecule has 8 nitrogen and oxygen atoms in total. The second-order valence-corrected chi connectivity index (χ2v) is 5.40. The zero-order valence-corrected chi connectivity index (χ0v) is 14.0. The molecule has 0 atom stereocenters. The molecule has 0 bridgehead atoms. The second-order valence-electron chi connectivity index (χ2n) is 5.40. The summed E-state index contributed by atoms with van der Waals surface area (Å²) in [5.41, 5.74) is 10.5. The van der Waals surface area contributed by atoms with Crippen LogP contribution in [0.5, 0.6) is 0 Å². The van der Waals surface area contributed by atoms with Gasteiger partial charge in [0.05, 0.1) is 11.3 Å². The molecule has 1 aromatic carbocycles. The molecule has 3 rings (SSSR count). The summed E-state index contributed by atoms with van der Waals surface area (Å²) in [4.78, 5) is 35.4. The summed E-state index contributed by atoms with van der Waals surface area (Å²) in [5, 5.41) is 1.45. The number of nitrogens with one attached hydrogen (secondary N) is 1. The number of benzene rings is 1. The number of pyridine rings is 1. The molecule has 0 saturated heterocycles. The minimum atomic E-state index is -0.626. The summed E-state index contributed by atoms with van der Waals surface area (Å²) in [6.07, 6.45) is 6.03. The van der Waals surface area contributed by atoms with Crippen LogP contribution in [0.2, 0.25) is 0 Å². The first kappa shape index (κ1) is 17.0. The molecule has 0 aliphatic carbocycles. The van der Waals surface area contributed by atoms with Gasteiger partial charge in [-0.15, -0.1) is 0 Å². The number of amides is 2. The Morgan fingerprint density at radius 3 is 2.38 bits per heavy atom. The van der Waals surface area contributed by atoms with Gasteiger partial charge in [0, 0.05) is 42.8 Å². The standard InChI is InChI=1S/C18H16N6O2/c1-12(25)23-24(18-21-10-14(11-22-18)17(19)26)16-7-3-2-6-15(16)13-5-4-8-20-9-13/h2-11H,1H3,(H2,19,26)(H,23,25). The predicted molar refractivity (Wildman–Crippen MR) is 96.2 cm³/mol. The third-order valence-corrected chi connectivity index (χ3v) is 3.51. The van der Waals surface area contributed by atoms with Crippen LogP contribution in [0.15, 0.2) is 61.2 Å². The molecule has 0 saturated carbocycles. The van der Waals surface area contributed by atoms with E-state index >= 15 is 0 Å². The van der Waals surface area contributed by atoms with E-state index in [9.17, 15) is 9.59 Å². The van der Waals surface area contributed by atoms with E-state index in [4.69, 9.17) is 5.73 Å². The molecular formula is C18H16N6O2. The fourth-order valence-electron chi connectivity index (χ4n) is 2.37. The molecule has 3 N–H and O–H groups in total. The van der Waals surface area contributed by atoms with Crippen LogP contribution < -0.4 is 16.2 Å². The van der Waals surface area contributed by atoms with Gasteiger partial charge in [-0.1, -0.05) is 24.3 Å². The minimum absolute atomic E-state index is 0.178. The topological polar surface area (TPSA) is 114 Å². The van der Waals surface area contributed by atoms with Crippen LogP contribution in [0.1, 0.15) is 17.3 Å². The molecule has 8 heteroatoms. The van der Waals surface area contributed by atoms with Crippen molar-refractivity contribution in [3.63, 3.8) is 0 Å². The first-order chi connectivity index (χ1) is 12.6. The van der Waals surface area contributed by atoms with Gasteiger partial charge in [0.15, 0.2) is 0 Å². The van der Waals surface area contributed by atoms with E-state index < -0.39 is 5.91 Å². The largest absolute Gasteiger partial charge is 0.366 e. The number of nitrogens with two attached hydrogens (primary N) is 1. The van der Waals surface area contributed by atoms with Crippen molar-refractivity contribution in [2.24, 2.45) is 5.73 Å². The Balaban J connectivity index is 2.09. The van der Waals surface area contributed by atoms with Crippen LogP contribution in [0.4, 0.5) is 11.6 Å². The zero-order chi connectivity index (χ0) is 18.5. The molecule has 0 radical (unpaired) electrons. The molecule has 0 spiro atoms. The SMILES string of the molecule is CC(=O)NN(c1ncc(C(N)=O)cn1)c1ccccc1-c1cccnc1. The van der Waals surface area contributed by atoms with Crippen molar-refractivity contribution in [2.75, 3.05) is 5.01 Å². The van der Waals surface area contributed by atoms with Crippen LogP contribution in [0, 0.1) is 0 Å². The lowest BCUT2D eigenvalue weighted by Gasteiger charge is -2.25. The first-order valence-electron chi connectivity index (χ1n) is 7.75. The molecule has 0 unspecified atom stereocenters. The van der Waals surface area contributed by atoms with Gasteiger partial charge < -0.3 is 5.73 Å². The summed E-state index contributed by atoms with van der Waals surface area (Å²) >= 11 is 0. The average molecular weight is 348 g/mol. The summed E-state index contributed by atoms with van der Waals surface area (Å²) in [5.74, 6) is -0.728. The summed E-state index contributed by atoms with van der Waals surface area (Å²) in [6, 6.07) is 11.2. The van der Waals surface area contributed by atoms with Gasteiger partial charge in [0.1, 0.15) is 0 Å². The van der Waals surface area contributed by atoms with Crippen LogP contribution >= 0.6 is 0 Å². The lowest BCUT2D eigenvalue weighted by atomic mass is 10.1. The monoisotopic (exact) mass is 348 g/mol.